The van der Waals surface area contributed by atoms with Crippen LogP contribution in [0.2, 0.25) is 0 Å². The van der Waals surface area contributed by atoms with Gasteiger partial charge in [-0.2, -0.15) is 0 Å². The Kier molecular flexibility index (Phi) is 4.27. The lowest BCUT2D eigenvalue weighted by Crippen LogP contribution is -1.93. The van der Waals surface area contributed by atoms with E-state index in [1.807, 2.05) is 66.7 Å². The van der Waals surface area contributed by atoms with Crippen LogP contribution in [-0.2, 0) is 0 Å². The predicted octanol–water partition coefficient (Wildman–Crippen LogP) is 12.0. The molecule has 0 radical (unpaired) electrons. The molecule has 43 heavy (non-hydrogen) atoms. The van der Waals surface area contributed by atoms with Gasteiger partial charge in [-0.05, 0) is 72.4 Å². The first-order valence-corrected chi connectivity index (χ1v) is 14.4. The molecule has 0 unspecified atom stereocenters. The number of hydrogen-bond acceptors (Lipinski definition) is 1. The maximum Gasteiger partial charge on any atom is 0.143 e. The molecular weight excluding hydrogens is 520 g/mol. The second kappa shape index (κ2) is 9.44. The SMILES string of the molecule is [2H]c1c([2H])c(-c2ccccc2-c2c3ccccc3c(-c3ccccc3)c3ccccc23)c2c(c1[2H])c([2H])c([2H])c1c3ccccc3oc21. The van der Waals surface area contributed by atoms with E-state index in [9.17, 15) is 1.37 Å². The Morgan fingerprint density at radius 3 is 1.72 bits per heavy atom. The lowest BCUT2D eigenvalue weighted by atomic mass is 9.83. The van der Waals surface area contributed by atoms with Crippen molar-refractivity contribution < 1.29 is 11.3 Å². The third-order valence-electron chi connectivity index (χ3n) is 8.47. The fraction of sp³-hybridized carbons (Fsp3) is 0. The van der Waals surface area contributed by atoms with Crippen LogP contribution < -0.4 is 0 Å². The van der Waals surface area contributed by atoms with E-state index in [0.717, 1.165) is 43.8 Å². The average Bonchev–Trinajstić information content (AvgIpc) is 3.52. The fourth-order valence-electron chi connectivity index (χ4n) is 6.65. The zero-order valence-electron chi connectivity index (χ0n) is 28.0. The van der Waals surface area contributed by atoms with E-state index in [2.05, 4.69) is 60.7 Å². The first-order chi connectivity index (χ1) is 23.5. The summed E-state index contributed by atoms with van der Waals surface area (Å²) in [6, 6.07) is 41.6. The van der Waals surface area contributed by atoms with Gasteiger partial charge in [0.15, 0.2) is 0 Å². The fourth-order valence-corrected chi connectivity index (χ4v) is 6.65. The largest absolute Gasteiger partial charge is 0.455 e. The molecule has 0 amide bonds. The van der Waals surface area contributed by atoms with Gasteiger partial charge in [0.25, 0.3) is 0 Å². The van der Waals surface area contributed by atoms with E-state index in [0.29, 0.717) is 38.5 Å². The Bertz CT molecular complexity index is 2730. The minimum Gasteiger partial charge on any atom is -0.455 e. The molecule has 1 nitrogen and oxygen atoms in total. The van der Waals surface area contributed by atoms with Crippen LogP contribution in [0.15, 0.2) is 162 Å². The van der Waals surface area contributed by atoms with Gasteiger partial charge < -0.3 is 4.42 Å². The summed E-state index contributed by atoms with van der Waals surface area (Å²) < 4.78 is 51.7. The molecule has 0 aliphatic carbocycles. The summed E-state index contributed by atoms with van der Waals surface area (Å²) in [5.41, 5.74) is 6.16. The van der Waals surface area contributed by atoms with Crippen molar-refractivity contribution in [1.29, 1.82) is 0 Å². The molecule has 0 aliphatic rings. The first-order valence-electron chi connectivity index (χ1n) is 16.9. The molecule has 1 heteroatoms. The van der Waals surface area contributed by atoms with Gasteiger partial charge >= 0.3 is 0 Å². The van der Waals surface area contributed by atoms with Gasteiger partial charge in [-0.1, -0.05) is 145 Å². The summed E-state index contributed by atoms with van der Waals surface area (Å²) in [5, 5.41) is 6.02. The molecule has 0 aliphatic heterocycles. The summed E-state index contributed by atoms with van der Waals surface area (Å²) in [6.07, 6.45) is 0. The highest BCUT2D eigenvalue weighted by atomic mass is 16.3. The van der Waals surface area contributed by atoms with E-state index in [1.165, 1.54) is 0 Å². The maximum atomic E-state index is 9.36. The molecule has 8 aromatic carbocycles. The number of para-hydroxylation sites is 1. The Morgan fingerprint density at radius 1 is 0.419 bits per heavy atom. The standard InChI is InChI=1S/C42H26O/c1-2-13-27(14-3-1)39-33-19-6-8-21-35(33)41(36-22-9-7-20-34(36)39)32-18-5-4-16-29(32)31-23-12-15-28-25-26-37-30-17-10-11-24-38(30)43-42(37)40(28)31/h1-26H/i12D,15D,23D,25D,26D. The Hall–Kier alpha value is -5.66. The van der Waals surface area contributed by atoms with Crippen LogP contribution in [-0.4, -0.2) is 0 Å². The normalized spacial score (nSPS) is 13.3. The van der Waals surface area contributed by atoms with E-state index in [4.69, 9.17) is 9.90 Å². The maximum absolute atomic E-state index is 9.36. The van der Waals surface area contributed by atoms with Gasteiger partial charge in [0.05, 0.1) is 6.85 Å². The molecule has 9 rings (SSSR count). The molecule has 0 bridgehead atoms. The van der Waals surface area contributed by atoms with Gasteiger partial charge in [0, 0.05) is 16.2 Å². The Morgan fingerprint density at radius 2 is 1.00 bits per heavy atom. The molecule has 200 valence electrons. The smallest absolute Gasteiger partial charge is 0.143 e. The van der Waals surface area contributed by atoms with Gasteiger partial charge in [-0.3, -0.25) is 0 Å². The number of hydrogen-bond donors (Lipinski definition) is 0. The van der Waals surface area contributed by atoms with Crippen molar-refractivity contribution in [2.24, 2.45) is 0 Å². The predicted molar refractivity (Wildman–Crippen MR) is 183 cm³/mol. The van der Waals surface area contributed by atoms with Crippen LogP contribution in [0.1, 0.15) is 6.85 Å². The van der Waals surface area contributed by atoms with E-state index in [-0.39, 0.29) is 35.6 Å². The van der Waals surface area contributed by atoms with Crippen molar-refractivity contribution in [3.63, 3.8) is 0 Å². The molecule has 0 fully saturated rings. The molecule has 1 aromatic heterocycles. The van der Waals surface area contributed by atoms with E-state index >= 15 is 0 Å². The highest BCUT2D eigenvalue weighted by Crippen LogP contribution is 2.47. The highest BCUT2D eigenvalue weighted by Gasteiger charge is 2.20. The van der Waals surface area contributed by atoms with E-state index in [1.54, 1.807) is 0 Å². The lowest BCUT2D eigenvalue weighted by molar-refractivity contribution is 0.673. The van der Waals surface area contributed by atoms with Crippen LogP contribution in [0, 0.1) is 0 Å². The van der Waals surface area contributed by atoms with Crippen molar-refractivity contribution >= 4 is 54.3 Å². The zero-order valence-corrected chi connectivity index (χ0v) is 23.0. The van der Waals surface area contributed by atoms with Gasteiger partial charge in [-0.15, -0.1) is 0 Å². The number of benzene rings is 8. The molecule has 0 spiro atoms. The summed E-state index contributed by atoms with van der Waals surface area (Å²) in [4.78, 5) is 0. The zero-order chi connectivity index (χ0) is 32.7. The molecule has 0 saturated carbocycles. The van der Waals surface area contributed by atoms with Crippen LogP contribution in [0.25, 0.3) is 87.6 Å². The van der Waals surface area contributed by atoms with Crippen LogP contribution in [0.4, 0.5) is 0 Å². The van der Waals surface area contributed by atoms with Crippen molar-refractivity contribution in [2.45, 2.75) is 0 Å². The molecule has 0 atom stereocenters. The van der Waals surface area contributed by atoms with Gasteiger partial charge in [0.1, 0.15) is 11.2 Å². The third-order valence-corrected chi connectivity index (χ3v) is 8.47. The van der Waals surface area contributed by atoms with Gasteiger partial charge in [0.2, 0.25) is 0 Å². The Balaban J connectivity index is 1.48. The molecular formula is C42H26O. The quantitative estimate of drug-likeness (QED) is 0.199. The minimum absolute atomic E-state index is 0.0548. The van der Waals surface area contributed by atoms with Gasteiger partial charge in [-0.25, -0.2) is 0 Å². The second-order valence-corrected chi connectivity index (χ2v) is 10.8. The van der Waals surface area contributed by atoms with Crippen molar-refractivity contribution in [3.05, 3.63) is 158 Å². The highest BCUT2D eigenvalue weighted by molar-refractivity contribution is 6.24. The number of furan rings is 1. The number of fused-ring (bicyclic) bond motifs is 7. The lowest BCUT2D eigenvalue weighted by Gasteiger charge is -2.20. The second-order valence-electron chi connectivity index (χ2n) is 10.8. The van der Waals surface area contributed by atoms with Crippen molar-refractivity contribution in [1.82, 2.24) is 0 Å². The topological polar surface area (TPSA) is 13.1 Å². The minimum atomic E-state index is -0.287. The van der Waals surface area contributed by atoms with Crippen LogP contribution >= 0.6 is 0 Å². The van der Waals surface area contributed by atoms with Crippen LogP contribution in [0.3, 0.4) is 0 Å². The summed E-state index contributed by atoms with van der Waals surface area (Å²) in [7, 11) is 0. The number of rotatable bonds is 3. The summed E-state index contributed by atoms with van der Waals surface area (Å²) >= 11 is 0. The van der Waals surface area contributed by atoms with Crippen molar-refractivity contribution in [2.75, 3.05) is 0 Å². The molecule has 1 heterocycles. The third kappa shape index (κ3) is 3.58. The first kappa shape index (κ1) is 19.5. The monoisotopic (exact) mass is 551 g/mol. The summed E-state index contributed by atoms with van der Waals surface area (Å²) in [5.74, 6) is 0. The van der Waals surface area contributed by atoms with E-state index < -0.39 is 0 Å². The Labute approximate surface area is 256 Å². The summed E-state index contributed by atoms with van der Waals surface area (Å²) in [6.45, 7) is 0. The molecule has 0 saturated heterocycles. The molecule has 0 N–H and O–H groups in total. The van der Waals surface area contributed by atoms with Crippen LogP contribution in [0.5, 0.6) is 0 Å². The average molecular weight is 552 g/mol. The van der Waals surface area contributed by atoms with Crippen molar-refractivity contribution in [3.8, 4) is 33.4 Å². The molecule has 9 aromatic rings.